The van der Waals surface area contributed by atoms with Crippen molar-refractivity contribution >= 4 is 38.8 Å². The van der Waals surface area contributed by atoms with Gasteiger partial charge in [-0.05, 0) is 41.8 Å². The maximum Gasteiger partial charge on any atom is 0.262 e. The van der Waals surface area contributed by atoms with Crippen molar-refractivity contribution in [3.63, 3.8) is 0 Å². The lowest BCUT2D eigenvalue weighted by molar-refractivity contribution is -0.121. The van der Waals surface area contributed by atoms with Crippen molar-refractivity contribution in [2.24, 2.45) is 0 Å². The third-order valence-corrected chi connectivity index (χ3v) is 5.58. The van der Waals surface area contributed by atoms with E-state index in [0.717, 1.165) is 11.3 Å². The lowest BCUT2D eigenvalue weighted by Gasteiger charge is -2.07. The summed E-state index contributed by atoms with van der Waals surface area (Å²) in [6, 6.07) is 3.85. The summed E-state index contributed by atoms with van der Waals surface area (Å²) in [6.07, 6.45) is 2.78. The lowest BCUT2D eigenvalue weighted by Crippen LogP contribution is -2.31. The number of thiophene rings is 2. The van der Waals surface area contributed by atoms with Gasteiger partial charge in [-0.3, -0.25) is 14.2 Å². The Labute approximate surface area is 141 Å². The minimum absolute atomic E-state index is 0.00965. The minimum Gasteiger partial charge on any atom is -0.354 e. The number of nitrogens with one attached hydrogen (secondary N) is 1. The van der Waals surface area contributed by atoms with E-state index < -0.39 is 0 Å². The van der Waals surface area contributed by atoms with Crippen LogP contribution in [0.1, 0.15) is 16.9 Å². The third kappa shape index (κ3) is 3.68. The average Bonchev–Trinajstić information content (AvgIpc) is 3.16. The zero-order valence-electron chi connectivity index (χ0n) is 12.7. The van der Waals surface area contributed by atoms with Gasteiger partial charge < -0.3 is 5.32 Å². The summed E-state index contributed by atoms with van der Waals surface area (Å²) in [6.45, 7) is 2.92. The Morgan fingerprint density at radius 2 is 2.13 bits per heavy atom. The number of aryl methyl sites for hydroxylation is 2. The molecule has 0 radical (unpaired) electrons. The molecular formula is C16H17N3O2S2. The number of amides is 1. The number of carbonyl (C=O) groups is 1. The molecule has 0 bridgehead atoms. The number of carbonyl (C=O) groups excluding carboxylic acids is 1. The summed E-state index contributed by atoms with van der Waals surface area (Å²) in [7, 11) is 0. The molecule has 0 spiro atoms. The van der Waals surface area contributed by atoms with E-state index >= 15 is 0 Å². The molecule has 0 aromatic carbocycles. The van der Waals surface area contributed by atoms with Crippen LogP contribution in [0.25, 0.3) is 10.2 Å². The van der Waals surface area contributed by atoms with Gasteiger partial charge in [0, 0.05) is 24.4 Å². The molecule has 7 heteroatoms. The van der Waals surface area contributed by atoms with Gasteiger partial charge in [-0.15, -0.1) is 22.7 Å². The molecule has 0 saturated carbocycles. The maximum absolute atomic E-state index is 12.2. The second kappa shape index (κ2) is 7.06. The summed E-state index contributed by atoms with van der Waals surface area (Å²) in [4.78, 5) is 30.3. The van der Waals surface area contributed by atoms with E-state index in [1.54, 1.807) is 28.3 Å². The van der Waals surface area contributed by atoms with Crippen LogP contribution in [-0.4, -0.2) is 22.0 Å². The van der Waals surface area contributed by atoms with Gasteiger partial charge in [0.25, 0.3) is 5.56 Å². The Morgan fingerprint density at radius 1 is 1.30 bits per heavy atom. The molecule has 0 aliphatic rings. The Morgan fingerprint density at radius 3 is 2.91 bits per heavy atom. The smallest absolute Gasteiger partial charge is 0.262 e. The molecule has 1 amide bonds. The van der Waals surface area contributed by atoms with Crippen LogP contribution in [0.3, 0.4) is 0 Å². The van der Waals surface area contributed by atoms with E-state index in [0.29, 0.717) is 24.9 Å². The maximum atomic E-state index is 12.2. The molecule has 0 saturated heterocycles. The monoisotopic (exact) mass is 347 g/mol. The van der Waals surface area contributed by atoms with Crippen molar-refractivity contribution in [3.8, 4) is 0 Å². The zero-order chi connectivity index (χ0) is 16.2. The molecule has 0 fully saturated rings. The van der Waals surface area contributed by atoms with Crippen LogP contribution in [0, 0.1) is 6.92 Å². The molecule has 0 unspecified atom stereocenters. The third-order valence-electron chi connectivity index (χ3n) is 3.67. The molecule has 3 rings (SSSR count). The van der Waals surface area contributed by atoms with Gasteiger partial charge in [0.1, 0.15) is 4.83 Å². The van der Waals surface area contributed by atoms with Crippen LogP contribution >= 0.6 is 22.7 Å². The second-order valence-electron chi connectivity index (χ2n) is 5.26. The molecular weight excluding hydrogens is 330 g/mol. The van der Waals surface area contributed by atoms with Crippen molar-refractivity contribution in [1.82, 2.24) is 14.9 Å². The van der Waals surface area contributed by atoms with Crippen molar-refractivity contribution in [1.29, 1.82) is 0 Å². The SMILES string of the molecule is Cc1ccsc1CCC(=O)NCCn1cnc2sccc2c1=O. The van der Waals surface area contributed by atoms with Gasteiger partial charge in [-0.1, -0.05) is 0 Å². The molecule has 1 N–H and O–H groups in total. The number of fused-ring (bicyclic) bond motifs is 1. The van der Waals surface area contributed by atoms with Crippen LogP contribution in [0.15, 0.2) is 34.0 Å². The van der Waals surface area contributed by atoms with Gasteiger partial charge in [-0.2, -0.15) is 0 Å². The first kappa shape index (κ1) is 15.9. The summed E-state index contributed by atoms with van der Waals surface area (Å²) in [5.74, 6) is 0.00965. The molecule has 120 valence electrons. The topological polar surface area (TPSA) is 64.0 Å². The van der Waals surface area contributed by atoms with Crippen LogP contribution < -0.4 is 10.9 Å². The quantitative estimate of drug-likeness (QED) is 0.745. The summed E-state index contributed by atoms with van der Waals surface area (Å²) in [5.41, 5.74) is 1.18. The van der Waals surface area contributed by atoms with Crippen LogP contribution in [0.5, 0.6) is 0 Å². The molecule has 0 atom stereocenters. The number of hydrogen-bond donors (Lipinski definition) is 1. The van der Waals surface area contributed by atoms with Gasteiger partial charge in [0.2, 0.25) is 5.91 Å². The fourth-order valence-corrected chi connectivity index (χ4v) is 3.98. The van der Waals surface area contributed by atoms with Crippen molar-refractivity contribution < 1.29 is 4.79 Å². The summed E-state index contributed by atoms with van der Waals surface area (Å²) < 4.78 is 1.54. The molecule has 3 heterocycles. The van der Waals surface area contributed by atoms with Gasteiger partial charge in [0.05, 0.1) is 11.7 Å². The molecule has 0 aliphatic carbocycles. The van der Waals surface area contributed by atoms with E-state index in [2.05, 4.69) is 23.3 Å². The number of aromatic nitrogens is 2. The minimum atomic E-state index is -0.0558. The van der Waals surface area contributed by atoms with E-state index in [1.807, 2.05) is 10.8 Å². The Balaban J connectivity index is 1.50. The fraction of sp³-hybridized carbons (Fsp3) is 0.312. The first-order valence-corrected chi connectivity index (χ1v) is 9.13. The van der Waals surface area contributed by atoms with Crippen molar-refractivity contribution in [2.45, 2.75) is 26.3 Å². The molecule has 23 heavy (non-hydrogen) atoms. The molecule has 5 nitrogen and oxygen atoms in total. The largest absolute Gasteiger partial charge is 0.354 e. The van der Waals surface area contributed by atoms with E-state index in [1.165, 1.54) is 21.8 Å². The average molecular weight is 347 g/mol. The van der Waals surface area contributed by atoms with Gasteiger partial charge in [0.15, 0.2) is 0 Å². The highest BCUT2D eigenvalue weighted by Crippen LogP contribution is 2.17. The van der Waals surface area contributed by atoms with Gasteiger partial charge in [-0.25, -0.2) is 4.98 Å². The highest BCUT2D eigenvalue weighted by atomic mass is 32.1. The normalized spacial score (nSPS) is 11.0. The van der Waals surface area contributed by atoms with Gasteiger partial charge >= 0.3 is 0 Å². The fourth-order valence-electron chi connectivity index (χ4n) is 2.34. The summed E-state index contributed by atoms with van der Waals surface area (Å²) >= 11 is 3.14. The summed E-state index contributed by atoms with van der Waals surface area (Å²) in [5, 5.41) is 7.40. The highest BCUT2D eigenvalue weighted by molar-refractivity contribution is 7.16. The van der Waals surface area contributed by atoms with Crippen LogP contribution in [-0.2, 0) is 17.8 Å². The molecule has 3 aromatic heterocycles. The predicted octanol–water partition coefficient (Wildman–Crippen LogP) is 2.58. The second-order valence-corrected chi connectivity index (χ2v) is 7.15. The molecule has 0 aliphatic heterocycles. The van der Waals surface area contributed by atoms with E-state index in [4.69, 9.17) is 0 Å². The van der Waals surface area contributed by atoms with Crippen LogP contribution in [0.2, 0.25) is 0 Å². The molecule has 3 aromatic rings. The van der Waals surface area contributed by atoms with Crippen molar-refractivity contribution in [3.05, 3.63) is 50.0 Å². The first-order chi connectivity index (χ1) is 11.1. The zero-order valence-corrected chi connectivity index (χ0v) is 14.4. The number of rotatable bonds is 6. The number of nitrogens with zero attached hydrogens (tertiary/aromatic N) is 2. The highest BCUT2D eigenvalue weighted by Gasteiger charge is 2.07. The number of hydrogen-bond acceptors (Lipinski definition) is 5. The Kier molecular flexibility index (Phi) is 4.88. The Bertz CT molecular complexity index is 879. The lowest BCUT2D eigenvalue weighted by atomic mass is 10.2. The Hall–Kier alpha value is -1.99. The van der Waals surface area contributed by atoms with Crippen LogP contribution in [0.4, 0.5) is 0 Å². The van der Waals surface area contributed by atoms with E-state index in [-0.39, 0.29) is 11.5 Å². The first-order valence-electron chi connectivity index (χ1n) is 7.37. The standard InChI is InChI=1S/C16H17N3O2S2/c1-11-4-8-22-13(11)2-3-14(20)17-6-7-19-10-18-15-12(16(19)21)5-9-23-15/h4-5,8-10H,2-3,6-7H2,1H3,(H,17,20). The predicted molar refractivity (Wildman–Crippen MR) is 94.3 cm³/mol. The van der Waals surface area contributed by atoms with Crippen molar-refractivity contribution in [2.75, 3.05) is 6.54 Å². The van der Waals surface area contributed by atoms with E-state index in [9.17, 15) is 9.59 Å².